The van der Waals surface area contributed by atoms with Gasteiger partial charge in [-0.1, -0.05) is 23.8 Å². The van der Waals surface area contributed by atoms with E-state index in [9.17, 15) is 5.11 Å². The Bertz CT molecular complexity index is 216. The molecule has 0 radical (unpaired) electrons. The average Bonchev–Trinajstić information content (AvgIpc) is 2.01. The summed E-state index contributed by atoms with van der Waals surface area (Å²) in [6.07, 6.45) is 4.11. The van der Waals surface area contributed by atoms with Crippen molar-refractivity contribution in [1.82, 2.24) is 0 Å². The van der Waals surface area contributed by atoms with Gasteiger partial charge in [-0.15, -0.1) is 0 Å². The van der Waals surface area contributed by atoms with Gasteiger partial charge in [0.05, 0.1) is 6.10 Å². The molecule has 1 N–H and O–H groups in total. The molecule has 0 aliphatic carbocycles. The van der Waals surface area contributed by atoms with Crippen LogP contribution in [0.15, 0.2) is 29.5 Å². The molecular weight excluding hydrogens is 154 g/mol. The van der Waals surface area contributed by atoms with E-state index in [0.29, 0.717) is 18.5 Å². The Hall–Kier alpha value is -1.25. The second-order valence-corrected chi connectivity index (χ2v) is 2.42. The van der Waals surface area contributed by atoms with Gasteiger partial charge in [-0.05, 0) is 18.9 Å². The molecule has 0 fully saturated rings. The van der Waals surface area contributed by atoms with E-state index in [4.69, 9.17) is 5.53 Å². The summed E-state index contributed by atoms with van der Waals surface area (Å²) in [6.45, 7) is 5.37. The Morgan fingerprint density at radius 2 is 2.50 bits per heavy atom. The van der Waals surface area contributed by atoms with Crippen molar-refractivity contribution in [3.63, 3.8) is 0 Å². The van der Waals surface area contributed by atoms with Gasteiger partial charge in [-0.3, -0.25) is 0 Å². The fraction of sp³-hybridized carbons (Fsp3) is 0.500. The van der Waals surface area contributed by atoms with Crippen LogP contribution in [-0.4, -0.2) is 11.2 Å². The van der Waals surface area contributed by atoms with Crippen molar-refractivity contribution in [1.29, 1.82) is 0 Å². The van der Waals surface area contributed by atoms with Gasteiger partial charge in [0, 0.05) is 17.0 Å². The molecule has 1 atom stereocenters. The number of nitrogens with zero attached hydrogens (tertiary/aromatic N) is 3. The molecular formula is C8H13N3O. The first-order chi connectivity index (χ1) is 5.70. The van der Waals surface area contributed by atoms with Gasteiger partial charge >= 0.3 is 0 Å². The minimum Gasteiger partial charge on any atom is -0.392 e. The summed E-state index contributed by atoms with van der Waals surface area (Å²) >= 11 is 0. The van der Waals surface area contributed by atoms with E-state index < -0.39 is 6.10 Å². The lowest BCUT2D eigenvalue weighted by Gasteiger charge is -2.05. The Morgan fingerprint density at radius 3 is 3.00 bits per heavy atom. The lowest BCUT2D eigenvalue weighted by atomic mass is 10.1. The molecule has 0 rings (SSSR count). The second kappa shape index (κ2) is 6.46. The van der Waals surface area contributed by atoms with E-state index in [1.54, 1.807) is 0 Å². The summed E-state index contributed by atoms with van der Waals surface area (Å²) in [5.41, 5.74) is 8.40. The fourth-order valence-corrected chi connectivity index (χ4v) is 0.753. The van der Waals surface area contributed by atoms with Gasteiger partial charge in [-0.2, -0.15) is 0 Å². The van der Waals surface area contributed by atoms with Crippen molar-refractivity contribution < 1.29 is 5.11 Å². The summed E-state index contributed by atoms with van der Waals surface area (Å²) in [5.74, 6) is 0. The fourth-order valence-electron chi connectivity index (χ4n) is 0.753. The average molecular weight is 167 g/mol. The van der Waals surface area contributed by atoms with Crippen LogP contribution >= 0.6 is 0 Å². The Labute approximate surface area is 71.8 Å². The summed E-state index contributed by atoms with van der Waals surface area (Å²) in [7, 11) is 0. The molecule has 0 aliphatic rings. The van der Waals surface area contributed by atoms with Gasteiger partial charge in [-0.25, -0.2) is 0 Å². The Morgan fingerprint density at radius 1 is 1.83 bits per heavy atom. The van der Waals surface area contributed by atoms with Crippen molar-refractivity contribution >= 4 is 0 Å². The van der Waals surface area contributed by atoms with Crippen LogP contribution < -0.4 is 0 Å². The summed E-state index contributed by atoms with van der Waals surface area (Å²) in [5, 5.41) is 12.6. The van der Waals surface area contributed by atoms with E-state index in [-0.39, 0.29) is 0 Å². The van der Waals surface area contributed by atoms with Crippen molar-refractivity contribution in [2.75, 3.05) is 0 Å². The molecule has 0 saturated heterocycles. The van der Waals surface area contributed by atoms with Crippen LogP contribution in [-0.2, 0) is 0 Å². The van der Waals surface area contributed by atoms with Crippen LogP contribution in [0.4, 0.5) is 0 Å². The normalized spacial score (nSPS) is 12.5. The molecule has 0 amide bonds. The van der Waals surface area contributed by atoms with Gasteiger partial charge in [0.1, 0.15) is 0 Å². The smallest absolute Gasteiger partial charge is 0.0613 e. The third-order valence-electron chi connectivity index (χ3n) is 1.30. The van der Waals surface area contributed by atoms with Crippen molar-refractivity contribution in [2.45, 2.75) is 25.9 Å². The largest absolute Gasteiger partial charge is 0.392 e. The van der Waals surface area contributed by atoms with Crippen LogP contribution in [0.1, 0.15) is 19.8 Å². The summed E-state index contributed by atoms with van der Waals surface area (Å²) in [6, 6.07) is 0. The Balaban J connectivity index is 3.75. The van der Waals surface area contributed by atoms with Crippen LogP contribution in [0.3, 0.4) is 0 Å². The molecule has 0 aromatic carbocycles. The van der Waals surface area contributed by atoms with E-state index in [2.05, 4.69) is 16.6 Å². The molecule has 0 heterocycles. The highest BCUT2D eigenvalue weighted by Gasteiger charge is 2.02. The maximum atomic E-state index is 9.28. The Kier molecular flexibility index (Phi) is 5.79. The standard InChI is InChI=1S/C8H13N3O/c1-3-4-5-8(12)6-7(2)10-11-9/h3-4,8,12H,2,5-6H2,1H3/b4-3+. The molecule has 0 bridgehead atoms. The number of aliphatic hydroxyl groups is 1. The highest BCUT2D eigenvalue weighted by atomic mass is 16.3. The van der Waals surface area contributed by atoms with Crippen LogP contribution in [0.2, 0.25) is 0 Å². The van der Waals surface area contributed by atoms with E-state index >= 15 is 0 Å². The second-order valence-electron chi connectivity index (χ2n) is 2.42. The summed E-state index contributed by atoms with van der Waals surface area (Å²) < 4.78 is 0. The number of hydrogen-bond donors (Lipinski definition) is 1. The molecule has 12 heavy (non-hydrogen) atoms. The molecule has 1 unspecified atom stereocenters. The quantitative estimate of drug-likeness (QED) is 0.290. The maximum Gasteiger partial charge on any atom is 0.0613 e. The highest BCUT2D eigenvalue weighted by molar-refractivity contribution is 4.95. The van der Waals surface area contributed by atoms with Crippen LogP contribution in [0, 0.1) is 0 Å². The van der Waals surface area contributed by atoms with Crippen molar-refractivity contribution in [3.8, 4) is 0 Å². The van der Waals surface area contributed by atoms with Crippen LogP contribution in [0.5, 0.6) is 0 Å². The molecule has 4 heteroatoms. The van der Waals surface area contributed by atoms with Crippen molar-refractivity contribution in [3.05, 3.63) is 34.9 Å². The summed E-state index contributed by atoms with van der Waals surface area (Å²) in [4.78, 5) is 2.57. The van der Waals surface area contributed by atoms with Crippen molar-refractivity contribution in [2.24, 2.45) is 5.11 Å². The van der Waals surface area contributed by atoms with Gasteiger partial charge in [0.2, 0.25) is 0 Å². The number of hydrogen-bond acceptors (Lipinski definition) is 2. The third kappa shape index (κ3) is 5.53. The first-order valence-electron chi connectivity index (χ1n) is 3.72. The SMILES string of the molecule is C=C(CC(O)C/C=C/C)N=[N+]=[N-]. The monoisotopic (exact) mass is 167 g/mol. The third-order valence-corrected chi connectivity index (χ3v) is 1.30. The molecule has 0 aromatic rings. The molecule has 0 saturated carbocycles. The number of allylic oxidation sites excluding steroid dienone is 1. The first kappa shape index (κ1) is 10.8. The number of aliphatic hydroxyl groups excluding tert-OH is 1. The lowest BCUT2D eigenvalue weighted by molar-refractivity contribution is 0.178. The number of azide groups is 1. The predicted molar refractivity (Wildman–Crippen MR) is 48.3 cm³/mol. The minimum atomic E-state index is -0.501. The number of rotatable bonds is 5. The predicted octanol–water partition coefficient (Wildman–Crippen LogP) is 2.53. The molecule has 0 aromatic heterocycles. The first-order valence-corrected chi connectivity index (χ1v) is 3.72. The zero-order valence-corrected chi connectivity index (χ0v) is 7.14. The molecule has 0 aliphatic heterocycles. The maximum absolute atomic E-state index is 9.28. The zero-order chi connectivity index (χ0) is 9.40. The minimum absolute atomic E-state index is 0.328. The van der Waals surface area contributed by atoms with Gasteiger partial charge in [0.25, 0.3) is 0 Å². The van der Waals surface area contributed by atoms with Gasteiger partial charge in [0.15, 0.2) is 0 Å². The highest BCUT2D eigenvalue weighted by Crippen LogP contribution is 2.08. The zero-order valence-electron chi connectivity index (χ0n) is 7.14. The van der Waals surface area contributed by atoms with Gasteiger partial charge < -0.3 is 5.11 Å². The van der Waals surface area contributed by atoms with E-state index in [1.165, 1.54) is 0 Å². The molecule has 66 valence electrons. The molecule has 4 nitrogen and oxygen atoms in total. The van der Waals surface area contributed by atoms with Crippen LogP contribution in [0.25, 0.3) is 10.4 Å². The van der Waals surface area contributed by atoms with E-state index in [0.717, 1.165) is 0 Å². The topological polar surface area (TPSA) is 69.0 Å². The lowest BCUT2D eigenvalue weighted by Crippen LogP contribution is -2.04. The van der Waals surface area contributed by atoms with E-state index in [1.807, 2.05) is 19.1 Å². The molecule has 0 spiro atoms.